The summed E-state index contributed by atoms with van der Waals surface area (Å²) in [5, 5.41) is 0. The minimum atomic E-state index is -4.45. The van der Waals surface area contributed by atoms with E-state index in [1.54, 1.807) is 4.90 Å². The lowest BCUT2D eigenvalue weighted by atomic mass is 10.0. The maximum atomic E-state index is 14.5. The number of hydrogen-bond donors (Lipinski definition) is 0. The van der Waals surface area contributed by atoms with Crippen LogP contribution >= 0.6 is 0 Å². The van der Waals surface area contributed by atoms with Crippen LogP contribution in [0.1, 0.15) is 27.8 Å². The van der Waals surface area contributed by atoms with Gasteiger partial charge in [-0.3, -0.25) is 14.5 Å². The third kappa shape index (κ3) is 9.86. The van der Waals surface area contributed by atoms with Crippen molar-refractivity contribution in [2.75, 3.05) is 57.4 Å². The predicted octanol–water partition coefficient (Wildman–Crippen LogP) is 6.54. The molecule has 2 aliphatic heterocycles. The summed E-state index contributed by atoms with van der Waals surface area (Å²) in [5.41, 5.74) is 3.76. The molecule has 0 N–H and O–H groups in total. The first-order chi connectivity index (χ1) is 24.7. The summed E-state index contributed by atoms with van der Waals surface area (Å²) in [6.45, 7) is 6.40. The number of morpholine rings is 1. The number of piperazine rings is 1. The summed E-state index contributed by atoms with van der Waals surface area (Å²) < 4.78 is 45.0. The molecule has 0 spiro atoms. The van der Waals surface area contributed by atoms with Crippen LogP contribution in [0.25, 0.3) is 6.08 Å². The van der Waals surface area contributed by atoms with Gasteiger partial charge in [0.1, 0.15) is 6.04 Å². The monoisotopic (exact) mass is 696 g/mol. The molecule has 4 aromatic carbocycles. The van der Waals surface area contributed by atoms with Gasteiger partial charge in [-0.05, 0) is 52.6 Å². The number of benzene rings is 4. The first kappa shape index (κ1) is 35.9. The number of hydrogen-bond acceptors (Lipinski definition) is 5. The minimum Gasteiger partial charge on any atom is -0.378 e. The second kappa shape index (κ2) is 16.9. The van der Waals surface area contributed by atoms with Crippen LogP contribution < -0.4 is 4.90 Å². The second-order valence-corrected chi connectivity index (χ2v) is 13.0. The Bertz CT molecular complexity index is 1740. The van der Waals surface area contributed by atoms with Crippen molar-refractivity contribution in [1.29, 1.82) is 0 Å². The number of nitrogens with zero attached hydrogens (tertiary/aromatic N) is 4. The van der Waals surface area contributed by atoms with Crippen LogP contribution in [0.4, 0.5) is 18.9 Å². The Morgan fingerprint density at radius 1 is 0.725 bits per heavy atom. The Balaban J connectivity index is 1.26. The van der Waals surface area contributed by atoms with Gasteiger partial charge in [-0.1, -0.05) is 84.9 Å². The number of anilines is 1. The molecule has 2 saturated heterocycles. The van der Waals surface area contributed by atoms with Gasteiger partial charge in [0, 0.05) is 70.5 Å². The SMILES string of the molecule is O=C([C@H](Cc1ccccc1)N(Cc1ccc(N2CCOCC2)cc1)C(=O)C=Cc1ccc(C(F)(F)F)cc1)N1CCN(Cc2ccccc2)CC1. The Hall–Kier alpha value is -4.93. The predicted molar refractivity (Wildman–Crippen MR) is 193 cm³/mol. The molecule has 0 aromatic heterocycles. The minimum absolute atomic E-state index is 0.126. The van der Waals surface area contributed by atoms with E-state index in [9.17, 15) is 22.8 Å². The van der Waals surface area contributed by atoms with Crippen LogP contribution in [0.3, 0.4) is 0 Å². The van der Waals surface area contributed by atoms with E-state index in [0.717, 1.165) is 48.6 Å². The molecule has 2 amide bonds. The lowest BCUT2D eigenvalue weighted by Crippen LogP contribution is -2.56. The summed E-state index contributed by atoms with van der Waals surface area (Å²) in [5.74, 6) is -0.524. The standard InChI is InChI=1S/C41H43F3N4O3/c42-41(43,44)36-16-11-32(12-17-36)15-20-39(49)48(31-35-13-18-37(19-14-35)46-25-27-51-28-26-46)38(29-33-7-3-1-4-8-33)40(50)47-23-21-45(22-24-47)30-34-9-5-2-6-10-34/h1-20,38H,21-31H2/t38-/m0/s1. The van der Waals surface area contributed by atoms with Crippen molar-refractivity contribution in [3.63, 3.8) is 0 Å². The Kier molecular flexibility index (Phi) is 11.9. The van der Waals surface area contributed by atoms with Gasteiger partial charge in [-0.2, -0.15) is 13.2 Å². The van der Waals surface area contributed by atoms with Crippen LogP contribution in [-0.4, -0.2) is 85.0 Å². The lowest BCUT2D eigenvalue weighted by molar-refractivity contribution is -0.145. The van der Waals surface area contributed by atoms with Crippen molar-refractivity contribution < 1.29 is 27.5 Å². The van der Waals surface area contributed by atoms with Crippen molar-refractivity contribution in [2.24, 2.45) is 0 Å². The van der Waals surface area contributed by atoms with Crippen LogP contribution in [0, 0.1) is 0 Å². The number of alkyl halides is 3. The van der Waals surface area contributed by atoms with Gasteiger partial charge in [0.25, 0.3) is 0 Å². The van der Waals surface area contributed by atoms with Gasteiger partial charge in [-0.25, -0.2) is 0 Å². The Morgan fingerprint density at radius 2 is 1.33 bits per heavy atom. The molecule has 266 valence electrons. The summed E-state index contributed by atoms with van der Waals surface area (Å²) >= 11 is 0. The number of carbonyl (C=O) groups is 2. The van der Waals surface area contributed by atoms with Gasteiger partial charge in [0.2, 0.25) is 11.8 Å². The smallest absolute Gasteiger partial charge is 0.378 e. The Morgan fingerprint density at radius 3 is 1.94 bits per heavy atom. The van der Waals surface area contributed by atoms with E-state index in [1.807, 2.05) is 77.7 Å². The number of halogens is 3. The highest BCUT2D eigenvalue weighted by atomic mass is 19.4. The van der Waals surface area contributed by atoms with Crippen molar-refractivity contribution >= 4 is 23.6 Å². The fourth-order valence-corrected chi connectivity index (χ4v) is 6.57. The van der Waals surface area contributed by atoms with Crippen LogP contribution in [0.5, 0.6) is 0 Å². The summed E-state index contributed by atoms with van der Waals surface area (Å²) in [6.07, 6.45) is -1.28. The maximum absolute atomic E-state index is 14.5. The first-order valence-electron chi connectivity index (χ1n) is 17.4. The molecule has 4 aromatic rings. The molecule has 2 heterocycles. The third-order valence-electron chi connectivity index (χ3n) is 9.47. The third-order valence-corrected chi connectivity index (χ3v) is 9.47. The molecular weight excluding hydrogens is 653 g/mol. The molecule has 1 atom stereocenters. The zero-order valence-corrected chi connectivity index (χ0v) is 28.6. The number of ether oxygens (including phenoxy) is 1. The van der Waals surface area contributed by atoms with Crippen LogP contribution in [0.15, 0.2) is 115 Å². The van der Waals surface area contributed by atoms with Gasteiger partial charge < -0.3 is 19.4 Å². The van der Waals surface area contributed by atoms with E-state index in [0.29, 0.717) is 51.4 Å². The molecule has 7 nitrogen and oxygen atoms in total. The van der Waals surface area contributed by atoms with Crippen molar-refractivity contribution in [2.45, 2.75) is 31.7 Å². The van der Waals surface area contributed by atoms with E-state index in [-0.39, 0.29) is 12.5 Å². The van der Waals surface area contributed by atoms with E-state index in [2.05, 4.69) is 21.9 Å². The summed E-state index contributed by atoms with van der Waals surface area (Å²) in [4.78, 5) is 36.8. The van der Waals surface area contributed by atoms with Crippen molar-refractivity contribution in [1.82, 2.24) is 14.7 Å². The highest BCUT2D eigenvalue weighted by Gasteiger charge is 2.34. The summed E-state index contributed by atoms with van der Waals surface area (Å²) in [6, 6.07) is 31.8. The molecule has 0 bridgehead atoms. The highest BCUT2D eigenvalue weighted by Crippen LogP contribution is 2.29. The molecule has 51 heavy (non-hydrogen) atoms. The molecule has 6 rings (SSSR count). The number of carbonyl (C=O) groups excluding carboxylic acids is 2. The molecule has 10 heteroatoms. The molecule has 2 aliphatic rings. The van der Waals surface area contributed by atoms with E-state index < -0.39 is 23.7 Å². The molecule has 0 radical (unpaired) electrons. The van der Waals surface area contributed by atoms with Gasteiger partial charge >= 0.3 is 6.18 Å². The average molecular weight is 697 g/mol. The molecule has 0 aliphatic carbocycles. The van der Waals surface area contributed by atoms with Crippen LogP contribution in [0.2, 0.25) is 0 Å². The van der Waals surface area contributed by atoms with Gasteiger partial charge in [0.05, 0.1) is 18.8 Å². The average Bonchev–Trinajstić information content (AvgIpc) is 3.16. The van der Waals surface area contributed by atoms with Gasteiger partial charge in [-0.15, -0.1) is 0 Å². The normalized spacial score (nSPS) is 16.3. The first-order valence-corrected chi connectivity index (χ1v) is 17.4. The quantitative estimate of drug-likeness (QED) is 0.167. The van der Waals surface area contributed by atoms with Crippen molar-refractivity contribution in [3.05, 3.63) is 143 Å². The summed E-state index contributed by atoms with van der Waals surface area (Å²) in [7, 11) is 0. The fraction of sp³-hybridized carbons (Fsp3) is 0.317. The van der Waals surface area contributed by atoms with E-state index in [1.165, 1.54) is 29.8 Å². The molecule has 2 fully saturated rings. The van der Waals surface area contributed by atoms with E-state index >= 15 is 0 Å². The number of rotatable bonds is 11. The van der Waals surface area contributed by atoms with E-state index in [4.69, 9.17) is 4.74 Å². The zero-order chi connectivity index (χ0) is 35.6. The number of amides is 2. The fourth-order valence-electron chi connectivity index (χ4n) is 6.57. The maximum Gasteiger partial charge on any atom is 0.416 e. The second-order valence-electron chi connectivity index (χ2n) is 13.0. The Labute approximate surface area is 297 Å². The molecule has 0 unspecified atom stereocenters. The highest BCUT2D eigenvalue weighted by molar-refractivity contribution is 5.95. The lowest BCUT2D eigenvalue weighted by Gasteiger charge is -2.39. The van der Waals surface area contributed by atoms with Crippen LogP contribution in [-0.2, 0) is 40.0 Å². The zero-order valence-electron chi connectivity index (χ0n) is 28.6. The molecular formula is C41H43F3N4O3. The van der Waals surface area contributed by atoms with Crippen molar-refractivity contribution in [3.8, 4) is 0 Å². The topological polar surface area (TPSA) is 56.3 Å². The molecule has 0 saturated carbocycles. The largest absolute Gasteiger partial charge is 0.416 e. The van der Waals surface area contributed by atoms with Gasteiger partial charge in [0.15, 0.2) is 0 Å².